The van der Waals surface area contributed by atoms with Crippen LogP contribution in [0.15, 0.2) is 24.3 Å². The van der Waals surface area contributed by atoms with Gasteiger partial charge in [0.2, 0.25) is 5.91 Å². The van der Waals surface area contributed by atoms with Crippen molar-refractivity contribution < 1.29 is 4.79 Å². The fourth-order valence-electron chi connectivity index (χ4n) is 2.15. The molecule has 0 aliphatic rings. The Labute approximate surface area is 125 Å². The molecule has 0 aliphatic heterocycles. The highest BCUT2D eigenvalue weighted by Crippen LogP contribution is 2.13. The zero-order valence-electron chi connectivity index (χ0n) is 12.9. The number of fused-ring (bicyclic) bond motifs is 1. The summed E-state index contributed by atoms with van der Waals surface area (Å²) in [4.78, 5) is 22.9. The molecule has 0 fully saturated rings. The molecular weight excluding hydrogens is 264 g/mol. The lowest BCUT2D eigenvalue weighted by Crippen LogP contribution is -2.35. The Morgan fingerprint density at radius 1 is 1.24 bits per heavy atom. The molecule has 5 heteroatoms. The van der Waals surface area contributed by atoms with Gasteiger partial charge in [-0.15, -0.1) is 0 Å². The largest absolute Gasteiger partial charge is 0.355 e. The molecule has 0 spiro atoms. The first-order chi connectivity index (χ1) is 10.1. The van der Waals surface area contributed by atoms with E-state index >= 15 is 0 Å². The van der Waals surface area contributed by atoms with Crippen molar-refractivity contribution in [3.8, 4) is 0 Å². The molecule has 1 amide bonds. The standard InChI is InChI=1S/C16H22N4O/c1-4-9-17-16(21)11-20(3)10-15-12(2)18-13-7-5-6-8-14(13)19-15/h5-8H,4,9-11H2,1-3H3,(H,17,21). The number of rotatable bonds is 6. The van der Waals surface area contributed by atoms with E-state index in [1.165, 1.54) is 0 Å². The fraction of sp³-hybridized carbons (Fsp3) is 0.438. The first-order valence-corrected chi connectivity index (χ1v) is 7.27. The van der Waals surface area contributed by atoms with Crippen molar-refractivity contribution >= 4 is 16.9 Å². The van der Waals surface area contributed by atoms with Gasteiger partial charge in [-0.05, 0) is 32.5 Å². The quantitative estimate of drug-likeness (QED) is 0.881. The minimum atomic E-state index is 0.0470. The number of hydrogen-bond acceptors (Lipinski definition) is 4. The van der Waals surface area contributed by atoms with Gasteiger partial charge in [-0.25, -0.2) is 9.97 Å². The number of likely N-dealkylation sites (N-methyl/N-ethyl adjacent to an activating group) is 1. The van der Waals surface area contributed by atoms with Crippen LogP contribution >= 0.6 is 0 Å². The summed E-state index contributed by atoms with van der Waals surface area (Å²) < 4.78 is 0. The highest BCUT2D eigenvalue weighted by atomic mass is 16.2. The number of aryl methyl sites for hydroxylation is 1. The molecule has 0 saturated carbocycles. The summed E-state index contributed by atoms with van der Waals surface area (Å²) in [5, 5.41) is 2.88. The zero-order chi connectivity index (χ0) is 15.2. The lowest BCUT2D eigenvalue weighted by Gasteiger charge is -2.17. The van der Waals surface area contributed by atoms with Gasteiger partial charge in [0, 0.05) is 13.1 Å². The van der Waals surface area contributed by atoms with Crippen LogP contribution < -0.4 is 5.32 Å². The van der Waals surface area contributed by atoms with Crippen LogP contribution in [0.5, 0.6) is 0 Å². The molecule has 0 aliphatic carbocycles. The Bertz CT molecular complexity index is 627. The third-order valence-electron chi connectivity index (χ3n) is 3.25. The van der Waals surface area contributed by atoms with Gasteiger partial charge in [-0.3, -0.25) is 9.69 Å². The lowest BCUT2D eigenvalue weighted by atomic mass is 10.2. The molecule has 0 saturated heterocycles. The molecule has 1 aromatic carbocycles. The molecule has 0 unspecified atom stereocenters. The fourth-order valence-corrected chi connectivity index (χ4v) is 2.15. The normalized spacial score (nSPS) is 11.0. The van der Waals surface area contributed by atoms with E-state index in [9.17, 15) is 4.79 Å². The Balaban J connectivity index is 2.05. The van der Waals surface area contributed by atoms with Gasteiger partial charge in [0.15, 0.2) is 0 Å². The van der Waals surface area contributed by atoms with Crippen LogP contribution in [0.3, 0.4) is 0 Å². The number of amides is 1. The van der Waals surface area contributed by atoms with Crippen LogP contribution in [0.1, 0.15) is 24.7 Å². The monoisotopic (exact) mass is 286 g/mol. The second-order valence-electron chi connectivity index (χ2n) is 5.27. The van der Waals surface area contributed by atoms with Crippen molar-refractivity contribution in [2.45, 2.75) is 26.8 Å². The number of nitrogens with zero attached hydrogens (tertiary/aromatic N) is 3. The van der Waals surface area contributed by atoms with E-state index in [0.717, 1.165) is 35.4 Å². The number of aromatic nitrogens is 2. The van der Waals surface area contributed by atoms with Crippen molar-refractivity contribution in [1.29, 1.82) is 0 Å². The Morgan fingerprint density at radius 2 is 1.90 bits per heavy atom. The lowest BCUT2D eigenvalue weighted by molar-refractivity contribution is -0.122. The number of para-hydroxylation sites is 2. The van der Waals surface area contributed by atoms with Crippen molar-refractivity contribution in [3.63, 3.8) is 0 Å². The molecule has 0 radical (unpaired) electrons. The topological polar surface area (TPSA) is 58.1 Å². The minimum Gasteiger partial charge on any atom is -0.355 e. The number of carbonyl (C=O) groups excluding carboxylic acids is 1. The van der Waals surface area contributed by atoms with Gasteiger partial charge in [0.25, 0.3) is 0 Å². The molecule has 1 heterocycles. The van der Waals surface area contributed by atoms with Crippen molar-refractivity contribution in [1.82, 2.24) is 20.2 Å². The third kappa shape index (κ3) is 4.23. The summed E-state index contributed by atoms with van der Waals surface area (Å²) in [7, 11) is 1.92. The number of hydrogen-bond donors (Lipinski definition) is 1. The van der Waals surface area contributed by atoms with E-state index in [1.807, 2.05) is 50.1 Å². The summed E-state index contributed by atoms with van der Waals surface area (Å²) in [6, 6.07) is 7.83. The first-order valence-electron chi connectivity index (χ1n) is 7.27. The van der Waals surface area contributed by atoms with Crippen LogP contribution in [0, 0.1) is 6.92 Å². The Hall–Kier alpha value is -2.01. The molecule has 5 nitrogen and oxygen atoms in total. The van der Waals surface area contributed by atoms with E-state index in [4.69, 9.17) is 0 Å². The molecule has 112 valence electrons. The maximum absolute atomic E-state index is 11.7. The van der Waals surface area contributed by atoms with E-state index in [2.05, 4.69) is 15.3 Å². The highest BCUT2D eigenvalue weighted by molar-refractivity contribution is 5.78. The summed E-state index contributed by atoms with van der Waals surface area (Å²) in [5.41, 5.74) is 3.62. The SMILES string of the molecule is CCCNC(=O)CN(C)Cc1nc2ccccc2nc1C. The van der Waals surface area contributed by atoms with Crippen LogP contribution in [0.25, 0.3) is 11.0 Å². The number of benzene rings is 1. The second kappa shape index (κ2) is 7.13. The molecule has 0 atom stereocenters. The average molecular weight is 286 g/mol. The predicted octanol–water partition coefficient (Wildman–Crippen LogP) is 1.90. The van der Waals surface area contributed by atoms with Crippen LogP contribution in [0.2, 0.25) is 0 Å². The van der Waals surface area contributed by atoms with Gasteiger partial charge >= 0.3 is 0 Å². The molecule has 2 aromatic rings. The Morgan fingerprint density at radius 3 is 2.57 bits per heavy atom. The third-order valence-corrected chi connectivity index (χ3v) is 3.25. The van der Waals surface area contributed by atoms with E-state index < -0.39 is 0 Å². The van der Waals surface area contributed by atoms with E-state index in [-0.39, 0.29) is 5.91 Å². The molecule has 21 heavy (non-hydrogen) atoms. The van der Waals surface area contributed by atoms with Crippen LogP contribution in [0.4, 0.5) is 0 Å². The summed E-state index contributed by atoms with van der Waals surface area (Å²) in [6.07, 6.45) is 0.949. The van der Waals surface area contributed by atoms with E-state index in [1.54, 1.807) is 0 Å². The van der Waals surface area contributed by atoms with Gasteiger partial charge in [0.05, 0.1) is 29.0 Å². The average Bonchev–Trinajstić information content (AvgIpc) is 2.45. The maximum Gasteiger partial charge on any atom is 0.234 e. The minimum absolute atomic E-state index is 0.0470. The first kappa shape index (κ1) is 15.4. The summed E-state index contributed by atoms with van der Waals surface area (Å²) in [5.74, 6) is 0.0470. The molecular formula is C16H22N4O. The van der Waals surface area contributed by atoms with Crippen molar-refractivity contribution in [2.75, 3.05) is 20.1 Å². The number of carbonyl (C=O) groups is 1. The molecule has 2 rings (SSSR count). The van der Waals surface area contributed by atoms with Gasteiger partial charge < -0.3 is 5.32 Å². The summed E-state index contributed by atoms with van der Waals surface area (Å²) in [6.45, 7) is 5.70. The van der Waals surface area contributed by atoms with Gasteiger partial charge in [-0.1, -0.05) is 19.1 Å². The number of nitrogens with one attached hydrogen (secondary N) is 1. The smallest absolute Gasteiger partial charge is 0.234 e. The second-order valence-corrected chi connectivity index (χ2v) is 5.27. The molecule has 1 N–H and O–H groups in total. The Kier molecular flexibility index (Phi) is 5.22. The van der Waals surface area contributed by atoms with Crippen LogP contribution in [-0.2, 0) is 11.3 Å². The van der Waals surface area contributed by atoms with Crippen LogP contribution in [-0.4, -0.2) is 40.9 Å². The van der Waals surface area contributed by atoms with Crippen molar-refractivity contribution in [2.24, 2.45) is 0 Å². The zero-order valence-corrected chi connectivity index (χ0v) is 12.9. The van der Waals surface area contributed by atoms with Gasteiger partial charge in [-0.2, -0.15) is 0 Å². The highest BCUT2D eigenvalue weighted by Gasteiger charge is 2.10. The maximum atomic E-state index is 11.7. The molecule has 0 bridgehead atoms. The van der Waals surface area contributed by atoms with Crippen molar-refractivity contribution in [3.05, 3.63) is 35.7 Å². The van der Waals surface area contributed by atoms with Gasteiger partial charge in [0.1, 0.15) is 0 Å². The molecule has 1 aromatic heterocycles. The summed E-state index contributed by atoms with van der Waals surface area (Å²) >= 11 is 0. The predicted molar refractivity (Wildman–Crippen MR) is 83.9 cm³/mol. The van der Waals surface area contributed by atoms with E-state index in [0.29, 0.717) is 13.1 Å².